The van der Waals surface area contributed by atoms with Gasteiger partial charge in [0.2, 0.25) is 0 Å². The maximum Gasteiger partial charge on any atom is 0.338 e. The highest BCUT2D eigenvalue weighted by Crippen LogP contribution is 2.37. The number of anilines is 1. The number of esters is 1. The Morgan fingerprint density at radius 3 is 2.55 bits per heavy atom. The Hall–Kier alpha value is -4.18. The second-order valence-corrected chi connectivity index (χ2v) is 9.70. The van der Waals surface area contributed by atoms with E-state index in [2.05, 4.69) is 4.99 Å². The largest absolute Gasteiger partial charge is 0.493 e. The van der Waals surface area contributed by atoms with Crippen LogP contribution in [0.3, 0.4) is 0 Å². The lowest BCUT2D eigenvalue weighted by atomic mass is 9.95. The lowest BCUT2D eigenvalue weighted by Gasteiger charge is -2.25. The fourth-order valence-electron chi connectivity index (χ4n) is 4.88. The highest BCUT2D eigenvalue weighted by atomic mass is 32.1. The highest BCUT2D eigenvalue weighted by molar-refractivity contribution is 7.07. The van der Waals surface area contributed by atoms with E-state index < -0.39 is 17.6 Å². The number of methoxy groups -OCH3 is 1. The molecule has 0 fully saturated rings. The van der Waals surface area contributed by atoms with Crippen LogP contribution < -0.4 is 29.3 Å². The number of fused-ring (bicyclic) bond motifs is 2. The molecule has 0 aliphatic carbocycles. The topological polar surface area (TPSA) is 99.4 Å². The molecule has 2 aliphatic rings. The van der Waals surface area contributed by atoms with Gasteiger partial charge in [-0.1, -0.05) is 35.6 Å². The molecule has 0 spiro atoms. The number of nitrogens with zero attached hydrogens (tertiary/aromatic N) is 3. The van der Waals surface area contributed by atoms with Crippen LogP contribution in [0, 0.1) is 0 Å². The third-order valence-corrected chi connectivity index (χ3v) is 7.63. The number of aromatic nitrogens is 1. The number of carbonyl (C=O) groups is 2. The fourth-order valence-corrected chi connectivity index (χ4v) is 6.02. The van der Waals surface area contributed by atoms with Crippen LogP contribution in [0.15, 0.2) is 63.5 Å². The molecule has 3 heterocycles. The van der Waals surface area contributed by atoms with E-state index in [9.17, 15) is 14.4 Å². The standard InChI is InChI=1S/C28H27N3O6S/c1-6-36-20-14-16(12-13-19(20)35-5)23-21(27(34)37-7-2)15(3)29-28-31(23)26(33)24(38-28)22-17-10-8-9-11-18(17)30(4)25(22)32/h8-14,23H,6-7H2,1-5H3/b24-22-/t23-/m1/s1. The number of para-hydroxylation sites is 1. The van der Waals surface area contributed by atoms with Crippen LogP contribution in [-0.2, 0) is 14.3 Å². The molecule has 0 unspecified atom stereocenters. The number of allylic oxidation sites excluding steroid dienone is 1. The van der Waals surface area contributed by atoms with Gasteiger partial charge < -0.3 is 19.1 Å². The molecule has 1 aromatic heterocycles. The van der Waals surface area contributed by atoms with Gasteiger partial charge in [-0.2, -0.15) is 0 Å². The van der Waals surface area contributed by atoms with Crippen LogP contribution in [0.25, 0.3) is 5.57 Å². The Kier molecular flexibility index (Phi) is 6.66. The summed E-state index contributed by atoms with van der Waals surface area (Å²) in [5.41, 5.74) is 2.65. The summed E-state index contributed by atoms with van der Waals surface area (Å²) >= 11 is 1.14. The molecule has 0 N–H and O–H groups in total. The summed E-state index contributed by atoms with van der Waals surface area (Å²) in [6.45, 7) is 5.87. The quantitative estimate of drug-likeness (QED) is 0.452. The molecule has 0 radical (unpaired) electrons. The fraction of sp³-hybridized carbons (Fsp3) is 0.286. The molecule has 0 bridgehead atoms. The van der Waals surface area contributed by atoms with E-state index in [1.807, 2.05) is 31.2 Å². The molecular weight excluding hydrogens is 506 g/mol. The van der Waals surface area contributed by atoms with Crippen molar-refractivity contribution >= 4 is 34.5 Å². The minimum Gasteiger partial charge on any atom is -0.493 e. The van der Waals surface area contributed by atoms with Crippen molar-refractivity contribution in [2.45, 2.75) is 26.8 Å². The Morgan fingerprint density at radius 1 is 1.08 bits per heavy atom. The zero-order valence-electron chi connectivity index (χ0n) is 21.7. The van der Waals surface area contributed by atoms with Crippen molar-refractivity contribution in [3.05, 3.63) is 84.5 Å². The molecule has 3 aromatic rings. The number of rotatable bonds is 6. The van der Waals surface area contributed by atoms with Gasteiger partial charge in [-0.3, -0.25) is 14.2 Å². The van der Waals surface area contributed by atoms with Gasteiger partial charge >= 0.3 is 5.97 Å². The highest BCUT2D eigenvalue weighted by Gasteiger charge is 2.36. The summed E-state index contributed by atoms with van der Waals surface area (Å²) in [7, 11) is 3.23. The Morgan fingerprint density at radius 2 is 1.84 bits per heavy atom. The van der Waals surface area contributed by atoms with E-state index in [-0.39, 0.29) is 22.6 Å². The molecule has 2 aliphatic heterocycles. The third kappa shape index (κ3) is 3.92. The van der Waals surface area contributed by atoms with Crippen LogP contribution in [0.1, 0.15) is 37.9 Å². The molecule has 10 heteroatoms. The van der Waals surface area contributed by atoms with Crippen LogP contribution in [0.4, 0.5) is 5.69 Å². The minimum atomic E-state index is -0.839. The summed E-state index contributed by atoms with van der Waals surface area (Å²) < 4.78 is 18.3. The van der Waals surface area contributed by atoms with Crippen LogP contribution in [0.2, 0.25) is 0 Å². The molecule has 1 atom stereocenters. The summed E-state index contributed by atoms with van der Waals surface area (Å²) in [5.74, 6) is 0.182. The molecule has 38 heavy (non-hydrogen) atoms. The first-order valence-corrected chi connectivity index (χ1v) is 13.0. The van der Waals surface area contributed by atoms with Gasteiger partial charge in [-0.25, -0.2) is 9.79 Å². The number of ether oxygens (including phenoxy) is 3. The van der Waals surface area contributed by atoms with Crippen LogP contribution in [0.5, 0.6) is 11.5 Å². The van der Waals surface area contributed by atoms with Gasteiger partial charge in [-0.05, 0) is 44.5 Å². The lowest BCUT2D eigenvalue weighted by molar-refractivity contribution is -0.139. The van der Waals surface area contributed by atoms with Crippen molar-refractivity contribution in [1.82, 2.24) is 4.57 Å². The van der Waals surface area contributed by atoms with Crippen LogP contribution in [-0.4, -0.2) is 43.8 Å². The average Bonchev–Trinajstić information content (AvgIpc) is 3.35. The first kappa shape index (κ1) is 25.5. The van der Waals surface area contributed by atoms with Crippen molar-refractivity contribution in [2.75, 3.05) is 32.3 Å². The first-order valence-electron chi connectivity index (χ1n) is 12.2. The van der Waals surface area contributed by atoms with Crippen molar-refractivity contribution in [3.63, 3.8) is 0 Å². The summed E-state index contributed by atoms with van der Waals surface area (Å²) in [6, 6.07) is 11.8. The SMILES string of the molecule is CCOC(=O)C1=C(C)N=c2s/c(=C3\C(=O)N(C)c4ccccc43)c(=O)n2[C@@H]1c1ccc(OC)c(OCC)c1. The predicted molar refractivity (Wildman–Crippen MR) is 143 cm³/mol. The van der Waals surface area contributed by atoms with Crippen molar-refractivity contribution in [1.29, 1.82) is 0 Å². The van der Waals surface area contributed by atoms with Gasteiger partial charge in [0.05, 0.1) is 48.9 Å². The van der Waals surface area contributed by atoms with Gasteiger partial charge in [0.15, 0.2) is 16.3 Å². The van der Waals surface area contributed by atoms with Crippen molar-refractivity contribution in [3.8, 4) is 11.5 Å². The Labute approximate surface area is 222 Å². The smallest absolute Gasteiger partial charge is 0.338 e. The maximum atomic E-state index is 14.1. The van der Waals surface area contributed by atoms with Crippen molar-refractivity contribution < 1.29 is 23.8 Å². The number of carbonyl (C=O) groups excluding carboxylic acids is 2. The van der Waals surface area contributed by atoms with E-state index in [4.69, 9.17) is 14.2 Å². The van der Waals surface area contributed by atoms with Gasteiger partial charge in [0, 0.05) is 12.6 Å². The molecule has 196 valence electrons. The van der Waals surface area contributed by atoms with Gasteiger partial charge in [0.1, 0.15) is 4.53 Å². The van der Waals surface area contributed by atoms with E-state index in [0.717, 1.165) is 17.0 Å². The zero-order chi connectivity index (χ0) is 27.1. The number of thiazole rings is 1. The van der Waals surface area contributed by atoms with E-state index in [1.54, 1.807) is 46.2 Å². The Balaban J connectivity index is 1.82. The van der Waals surface area contributed by atoms with Gasteiger partial charge in [-0.15, -0.1) is 0 Å². The van der Waals surface area contributed by atoms with E-state index in [0.29, 0.717) is 45.3 Å². The molecule has 2 aromatic carbocycles. The van der Waals surface area contributed by atoms with E-state index >= 15 is 0 Å². The third-order valence-electron chi connectivity index (χ3n) is 6.58. The lowest BCUT2D eigenvalue weighted by Crippen LogP contribution is -2.40. The number of hydrogen-bond acceptors (Lipinski definition) is 8. The number of likely N-dealkylation sites (N-methyl/N-ethyl adjacent to an activating group) is 1. The molecule has 0 saturated carbocycles. The number of amides is 1. The normalized spacial score (nSPS) is 17.7. The van der Waals surface area contributed by atoms with Gasteiger partial charge in [0.25, 0.3) is 11.5 Å². The molecule has 9 nitrogen and oxygen atoms in total. The first-order chi connectivity index (χ1) is 18.3. The molecule has 5 rings (SSSR count). The number of hydrogen-bond donors (Lipinski definition) is 0. The molecule has 0 saturated heterocycles. The number of benzene rings is 2. The van der Waals surface area contributed by atoms with E-state index in [1.165, 1.54) is 9.47 Å². The van der Waals surface area contributed by atoms with Crippen LogP contribution >= 0.6 is 11.3 Å². The second-order valence-electron chi connectivity index (χ2n) is 8.72. The summed E-state index contributed by atoms with van der Waals surface area (Å²) in [4.78, 5) is 47.1. The molecular formula is C28H27N3O6S. The van der Waals surface area contributed by atoms with Crippen molar-refractivity contribution in [2.24, 2.45) is 4.99 Å². The second kappa shape index (κ2) is 9.94. The molecule has 1 amide bonds. The zero-order valence-corrected chi connectivity index (χ0v) is 22.5. The summed E-state index contributed by atoms with van der Waals surface area (Å²) in [6.07, 6.45) is 0. The summed E-state index contributed by atoms with van der Waals surface area (Å²) in [5, 5.41) is 0. The monoisotopic (exact) mass is 533 g/mol. The minimum absolute atomic E-state index is 0.168. The maximum absolute atomic E-state index is 14.1. The Bertz CT molecular complexity index is 1680. The predicted octanol–water partition coefficient (Wildman–Crippen LogP) is 2.55. The average molecular weight is 534 g/mol.